The van der Waals surface area contributed by atoms with E-state index in [1.807, 2.05) is 35.4 Å². The summed E-state index contributed by atoms with van der Waals surface area (Å²) in [7, 11) is 1.74. The van der Waals surface area contributed by atoms with Crippen molar-refractivity contribution in [1.82, 2.24) is 19.9 Å². The minimum absolute atomic E-state index is 0.0828. The van der Waals surface area contributed by atoms with Gasteiger partial charge in [0.2, 0.25) is 0 Å². The number of hydrogen-bond acceptors (Lipinski definition) is 4. The van der Waals surface area contributed by atoms with E-state index in [4.69, 9.17) is 9.72 Å². The Hall–Kier alpha value is -3.32. The number of H-pyrrole nitrogens is 1. The molecule has 2 aromatic carbocycles. The predicted octanol–water partition coefficient (Wildman–Crippen LogP) is 5.76. The number of halogens is 1. The van der Waals surface area contributed by atoms with Gasteiger partial charge in [0.15, 0.2) is 0 Å². The number of carbonyl (C=O) groups excluding carboxylic acids is 1. The van der Waals surface area contributed by atoms with E-state index in [0.29, 0.717) is 17.4 Å². The number of aromatic amines is 1. The summed E-state index contributed by atoms with van der Waals surface area (Å²) in [6.07, 6.45) is 6.78. The van der Waals surface area contributed by atoms with Crippen LogP contribution in [0.15, 0.2) is 48.7 Å². The molecule has 2 fully saturated rings. The molecule has 1 N–H and O–H groups in total. The number of carbonyl (C=O) groups is 1. The molecule has 7 heteroatoms. The first-order valence-electron chi connectivity index (χ1n) is 12.5. The number of rotatable bonds is 5. The van der Waals surface area contributed by atoms with Gasteiger partial charge in [-0.05, 0) is 92.0 Å². The fourth-order valence-electron chi connectivity index (χ4n) is 5.76. The predicted molar refractivity (Wildman–Crippen MR) is 133 cm³/mol. The number of ether oxygens (including phenoxy) is 1. The summed E-state index contributed by atoms with van der Waals surface area (Å²) in [4.78, 5) is 27.1. The van der Waals surface area contributed by atoms with E-state index in [1.165, 1.54) is 11.6 Å². The number of hydrogen-bond donors (Lipinski definition) is 1. The lowest BCUT2D eigenvalue weighted by Gasteiger charge is -2.33. The number of imidazole rings is 1. The average Bonchev–Trinajstić information content (AvgIpc) is 3.26. The lowest BCUT2D eigenvalue weighted by atomic mass is 9.76. The molecule has 2 aliphatic rings. The number of methoxy groups -OCH3 is 1. The molecule has 1 aliphatic carbocycles. The van der Waals surface area contributed by atoms with Gasteiger partial charge in [0.05, 0.1) is 16.6 Å². The summed E-state index contributed by atoms with van der Waals surface area (Å²) in [6, 6.07) is 12.6. The van der Waals surface area contributed by atoms with E-state index in [1.54, 1.807) is 19.2 Å². The maximum atomic E-state index is 13.9. The van der Waals surface area contributed by atoms with Crippen LogP contribution >= 0.6 is 0 Å². The van der Waals surface area contributed by atoms with Crippen LogP contribution in [0, 0.1) is 11.7 Å². The van der Waals surface area contributed by atoms with Crippen molar-refractivity contribution in [3.63, 3.8) is 0 Å². The number of aromatic nitrogens is 3. The van der Waals surface area contributed by atoms with Crippen molar-refractivity contribution in [2.75, 3.05) is 20.2 Å². The lowest BCUT2D eigenvalue weighted by molar-refractivity contribution is 0.0274. The maximum absolute atomic E-state index is 13.9. The standard InChI is InChI=1S/C28H29FN4O2/c1-35-26(27-31-24-9-7-19(15-25(24)32-27)28(34)33-13-2-14-33)18-5-3-17(4-6-18)21-11-12-30-23-10-8-20(29)16-22(21)23/h7-12,15-18,26H,2-6,13-14H2,1H3,(H,31,32). The average molecular weight is 473 g/mol. The van der Waals surface area contributed by atoms with Crippen LogP contribution < -0.4 is 0 Å². The molecule has 1 unspecified atom stereocenters. The van der Waals surface area contributed by atoms with Crippen molar-refractivity contribution in [2.24, 2.45) is 5.92 Å². The van der Waals surface area contributed by atoms with E-state index in [-0.39, 0.29) is 17.8 Å². The van der Waals surface area contributed by atoms with Gasteiger partial charge in [0, 0.05) is 37.3 Å². The van der Waals surface area contributed by atoms with E-state index in [0.717, 1.165) is 73.0 Å². The molecule has 1 saturated heterocycles. The summed E-state index contributed by atoms with van der Waals surface area (Å²) in [6.45, 7) is 1.67. The molecule has 6 nitrogen and oxygen atoms in total. The van der Waals surface area contributed by atoms with Crippen molar-refractivity contribution in [2.45, 2.75) is 44.1 Å². The molecule has 1 saturated carbocycles. The summed E-state index contributed by atoms with van der Waals surface area (Å²) in [5.74, 6) is 1.39. The van der Waals surface area contributed by atoms with Crippen LogP contribution in [-0.4, -0.2) is 46.0 Å². The Morgan fingerprint density at radius 2 is 1.89 bits per heavy atom. The minimum atomic E-state index is -0.223. The smallest absolute Gasteiger partial charge is 0.253 e. The van der Waals surface area contributed by atoms with Crippen LogP contribution in [0.25, 0.3) is 21.9 Å². The zero-order valence-corrected chi connectivity index (χ0v) is 19.8. The SMILES string of the molecule is COC(c1nc2ccc(C(=O)N3CCC3)cc2[nH]1)C1CCC(c2ccnc3ccc(F)cc23)CC1. The van der Waals surface area contributed by atoms with Crippen molar-refractivity contribution >= 4 is 27.8 Å². The molecule has 1 amide bonds. The van der Waals surface area contributed by atoms with E-state index >= 15 is 0 Å². The second-order valence-corrected chi connectivity index (χ2v) is 9.83. The van der Waals surface area contributed by atoms with Crippen LogP contribution in [0.2, 0.25) is 0 Å². The van der Waals surface area contributed by atoms with Crippen LogP contribution in [0.1, 0.15) is 65.9 Å². The zero-order valence-electron chi connectivity index (χ0n) is 19.8. The van der Waals surface area contributed by atoms with Gasteiger partial charge in [-0.25, -0.2) is 9.37 Å². The largest absolute Gasteiger partial charge is 0.373 e. The molecule has 35 heavy (non-hydrogen) atoms. The van der Waals surface area contributed by atoms with Crippen LogP contribution in [0.5, 0.6) is 0 Å². The molecule has 1 atom stereocenters. The summed E-state index contributed by atoms with van der Waals surface area (Å²) in [5, 5.41) is 0.917. The van der Waals surface area contributed by atoms with Crippen LogP contribution in [-0.2, 0) is 4.74 Å². The molecule has 2 aromatic heterocycles. The van der Waals surface area contributed by atoms with Gasteiger partial charge in [0.1, 0.15) is 17.7 Å². The number of likely N-dealkylation sites (tertiary alicyclic amines) is 1. The van der Waals surface area contributed by atoms with E-state index in [2.05, 4.69) is 9.97 Å². The Morgan fingerprint density at radius 3 is 2.63 bits per heavy atom. The summed E-state index contributed by atoms with van der Waals surface area (Å²) in [5.41, 5.74) is 4.44. The Morgan fingerprint density at radius 1 is 1.09 bits per heavy atom. The monoisotopic (exact) mass is 472 g/mol. The molecular formula is C28H29FN4O2. The minimum Gasteiger partial charge on any atom is -0.373 e. The van der Waals surface area contributed by atoms with Gasteiger partial charge >= 0.3 is 0 Å². The Labute approximate surface area is 203 Å². The van der Waals surface area contributed by atoms with Crippen molar-refractivity contribution < 1.29 is 13.9 Å². The van der Waals surface area contributed by atoms with Gasteiger partial charge in [-0.15, -0.1) is 0 Å². The second kappa shape index (κ2) is 9.04. The highest BCUT2D eigenvalue weighted by molar-refractivity contribution is 5.97. The molecule has 180 valence electrons. The topological polar surface area (TPSA) is 71.1 Å². The number of benzene rings is 2. The normalized spacial score (nSPS) is 21.3. The molecule has 0 spiro atoms. The molecule has 1 aliphatic heterocycles. The van der Waals surface area contributed by atoms with Crippen LogP contribution in [0.3, 0.4) is 0 Å². The molecule has 0 bridgehead atoms. The third-order valence-corrected chi connectivity index (χ3v) is 7.79. The second-order valence-electron chi connectivity index (χ2n) is 9.83. The number of pyridine rings is 1. The zero-order chi connectivity index (χ0) is 23.9. The molecule has 0 radical (unpaired) electrons. The van der Waals surface area contributed by atoms with Crippen LogP contribution in [0.4, 0.5) is 4.39 Å². The summed E-state index contributed by atoms with van der Waals surface area (Å²) < 4.78 is 19.9. The van der Waals surface area contributed by atoms with Gasteiger partial charge in [0.25, 0.3) is 5.91 Å². The van der Waals surface area contributed by atoms with Gasteiger partial charge < -0.3 is 14.6 Å². The highest BCUT2D eigenvalue weighted by Crippen LogP contribution is 2.43. The van der Waals surface area contributed by atoms with Crippen molar-refractivity contribution in [3.8, 4) is 0 Å². The Bertz CT molecular complexity index is 1390. The Balaban J connectivity index is 1.19. The van der Waals surface area contributed by atoms with Crippen molar-refractivity contribution in [3.05, 3.63) is 71.4 Å². The first-order chi connectivity index (χ1) is 17.1. The first-order valence-corrected chi connectivity index (χ1v) is 12.5. The molecule has 4 aromatic rings. The quantitative estimate of drug-likeness (QED) is 0.401. The van der Waals surface area contributed by atoms with Crippen molar-refractivity contribution in [1.29, 1.82) is 0 Å². The molecular weight excluding hydrogens is 443 g/mol. The fourth-order valence-corrected chi connectivity index (χ4v) is 5.76. The Kier molecular flexibility index (Phi) is 5.72. The highest BCUT2D eigenvalue weighted by atomic mass is 19.1. The highest BCUT2D eigenvalue weighted by Gasteiger charge is 2.32. The third kappa shape index (κ3) is 4.08. The van der Waals surface area contributed by atoms with E-state index < -0.39 is 0 Å². The number of amides is 1. The lowest BCUT2D eigenvalue weighted by Crippen LogP contribution is -2.41. The maximum Gasteiger partial charge on any atom is 0.253 e. The van der Waals surface area contributed by atoms with Gasteiger partial charge in [-0.3, -0.25) is 9.78 Å². The summed E-state index contributed by atoms with van der Waals surface area (Å²) >= 11 is 0. The third-order valence-electron chi connectivity index (χ3n) is 7.79. The van der Waals surface area contributed by atoms with Gasteiger partial charge in [-0.1, -0.05) is 0 Å². The van der Waals surface area contributed by atoms with Gasteiger partial charge in [-0.2, -0.15) is 0 Å². The number of fused-ring (bicyclic) bond motifs is 2. The van der Waals surface area contributed by atoms with E-state index in [9.17, 15) is 9.18 Å². The molecule has 6 rings (SSSR count). The number of nitrogens with zero attached hydrogens (tertiary/aromatic N) is 3. The number of nitrogens with one attached hydrogen (secondary N) is 1. The fraction of sp³-hybridized carbons (Fsp3) is 0.393. The molecule has 3 heterocycles. The first kappa shape index (κ1) is 22.2.